The SMILES string of the molecule is CC1=CC2OC(=O)C(C)=C2C(=O)CC(C)=CCC1. The van der Waals surface area contributed by atoms with Gasteiger partial charge in [-0.1, -0.05) is 17.2 Å². The molecule has 96 valence electrons. The molecule has 2 aliphatic rings. The Hall–Kier alpha value is -1.64. The van der Waals surface area contributed by atoms with E-state index in [1.165, 1.54) is 0 Å². The highest BCUT2D eigenvalue weighted by Gasteiger charge is 2.34. The summed E-state index contributed by atoms with van der Waals surface area (Å²) in [5, 5.41) is 0. The van der Waals surface area contributed by atoms with E-state index in [0.29, 0.717) is 17.6 Å². The number of carbonyl (C=O) groups excluding carboxylic acids is 2. The zero-order valence-electron chi connectivity index (χ0n) is 11.1. The third-order valence-corrected chi connectivity index (χ3v) is 3.44. The van der Waals surface area contributed by atoms with E-state index in [-0.39, 0.29) is 11.8 Å². The highest BCUT2D eigenvalue weighted by atomic mass is 16.5. The Morgan fingerprint density at radius 1 is 1.17 bits per heavy atom. The molecule has 0 aromatic heterocycles. The largest absolute Gasteiger partial charge is 0.450 e. The molecule has 0 radical (unpaired) electrons. The molecule has 0 spiro atoms. The third-order valence-electron chi connectivity index (χ3n) is 3.44. The van der Waals surface area contributed by atoms with Gasteiger partial charge in [-0.3, -0.25) is 4.79 Å². The van der Waals surface area contributed by atoms with Crippen molar-refractivity contribution >= 4 is 11.8 Å². The number of hydrogen-bond donors (Lipinski definition) is 0. The van der Waals surface area contributed by atoms with Crippen molar-refractivity contribution < 1.29 is 14.3 Å². The van der Waals surface area contributed by atoms with Gasteiger partial charge < -0.3 is 4.74 Å². The van der Waals surface area contributed by atoms with Gasteiger partial charge in [0.25, 0.3) is 0 Å². The average Bonchev–Trinajstić information content (AvgIpc) is 2.53. The molecular weight excluding hydrogens is 228 g/mol. The average molecular weight is 246 g/mol. The number of fused-ring (bicyclic) bond motifs is 1. The van der Waals surface area contributed by atoms with Crippen LogP contribution in [0.15, 0.2) is 34.4 Å². The maximum absolute atomic E-state index is 12.2. The molecule has 0 aromatic rings. The summed E-state index contributed by atoms with van der Waals surface area (Å²) in [5.74, 6) is -0.365. The van der Waals surface area contributed by atoms with Gasteiger partial charge in [0.05, 0.1) is 0 Å². The summed E-state index contributed by atoms with van der Waals surface area (Å²) in [6, 6.07) is 0. The summed E-state index contributed by atoms with van der Waals surface area (Å²) in [4.78, 5) is 23.8. The van der Waals surface area contributed by atoms with Gasteiger partial charge in [-0.25, -0.2) is 4.79 Å². The molecule has 1 atom stereocenters. The molecule has 0 saturated heterocycles. The Labute approximate surface area is 107 Å². The zero-order chi connectivity index (χ0) is 13.3. The van der Waals surface area contributed by atoms with Crippen LogP contribution in [-0.2, 0) is 14.3 Å². The topological polar surface area (TPSA) is 43.4 Å². The van der Waals surface area contributed by atoms with Crippen LogP contribution in [0.3, 0.4) is 0 Å². The zero-order valence-corrected chi connectivity index (χ0v) is 11.1. The highest BCUT2D eigenvalue weighted by molar-refractivity contribution is 6.08. The summed E-state index contributed by atoms with van der Waals surface area (Å²) in [5.41, 5.74) is 3.21. The molecule has 0 aromatic carbocycles. The molecule has 0 amide bonds. The monoisotopic (exact) mass is 246 g/mol. The molecule has 1 aliphatic carbocycles. The lowest BCUT2D eigenvalue weighted by Crippen LogP contribution is -2.16. The van der Waals surface area contributed by atoms with Crippen LogP contribution in [0.5, 0.6) is 0 Å². The first-order valence-electron chi connectivity index (χ1n) is 6.27. The fraction of sp³-hybridized carbons (Fsp3) is 0.467. The van der Waals surface area contributed by atoms with E-state index in [4.69, 9.17) is 4.74 Å². The summed E-state index contributed by atoms with van der Waals surface area (Å²) < 4.78 is 5.26. The number of ether oxygens (including phenoxy) is 1. The number of carbonyl (C=O) groups is 2. The van der Waals surface area contributed by atoms with Gasteiger partial charge in [0, 0.05) is 17.6 Å². The van der Waals surface area contributed by atoms with Crippen LogP contribution in [0, 0.1) is 0 Å². The van der Waals surface area contributed by atoms with Gasteiger partial charge in [-0.15, -0.1) is 0 Å². The molecular formula is C15H18O3. The predicted molar refractivity (Wildman–Crippen MR) is 69.0 cm³/mol. The molecule has 0 N–H and O–H groups in total. The lowest BCUT2D eigenvalue weighted by molar-refractivity contribution is -0.138. The van der Waals surface area contributed by atoms with Crippen molar-refractivity contribution in [1.29, 1.82) is 0 Å². The van der Waals surface area contributed by atoms with Crippen molar-refractivity contribution in [1.82, 2.24) is 0 Å². The Balaban J connectivity index is 2.43. The molecule has 0 saturated carbocycles. The molecule has 1 aliphatic heterocycles. The number of esters is 1. The summed E-state index contributed by atoms with van der Waals surface area (Å²) >= 11 is 0. The van der Waals surface area contributed by atoms with Gasteiger partial charge in [-0.2, -0.15) is 0 Å². The molecule has 3 heteroatoms. The number of rotatable bonds is 0. The Morgan fingerprint density at radius 3 is 2.61 bits per heavy atom. The lowest BCUT2D eigenvalue weighted by Gasteiger charge is -2.13. The van der Waals surface area contributed by atoms with E-state index in [9.17, 15) is 9.59 Å². The normalized spacial score (nSPS) is 25.4. The second-order valence-corrected chi connectivity index (χ2v) is 5.07. The van der Waals surface area contributed by atoms with Gasteiger partial charge in [0.2, 0.25) is 0 Å². The van der Waals surface area contributed by atoms with Crippen molar-refractivity contribution in [2.24, 2.45) is 0 Å². The Morgan fingerprint density at radius 2 is 1.89 bits per heavy atom. The lowest BCUT2D eigenvalue weighted by atomic mass is 9.93. The van der Waals surface area contributed by atoms with E-state index in [2.05, 4.69) is 6.08 Å². The van der Waals surface area contributed by atoms with Crippen LogP contribution < -0.4 is 0 Å². The number of hydrogen-bond acceptors (Lipinski definition) is 3. The second-order valence-electron chi connectivity index (χ2n) is 5.07. The molecule has 1 unspecified atom stereocenters. The fourth-order valence-corrected chi connectivity index (χ4v) is 2.38. The van der Waals surface area contributed by atoms with E-state index < -0.39 is 6.10 Å². The number of allylic oxidation sites excluding steroid dienone is 3. The minimum absolute atomic E-state index is 0.00282. The Kier molecular flexibility index (Phi) is 3.50. The van der Waals surface area contributed by atoms with Crippen LogP contribution in [0.4, 0.5) is 0 Å². The van der Waals surface area contributed by atoms with Gasteiger partial charge in [0.15, 0.2) is 5.78 Å². The second kappa shape index (κ2) is 4.92. The van der Waals surface area contributed by atoms with E-state index in [1.807, 2.05) is 19.9 Å². The van der Waals surface area contributed by atoms with E-state index in [1.54, 1.807) is 6.92 Å². The Bertz CT molecular complexity index is 492. The van der Waals surface area contributed by atoms with Crippen molar-refractivity contribution in [3.05, 3.63) is 34.4 Å². The summed E-state index contributed by atoms with van der Waals surface area (Å²) in [7, 11) is 0. The van der Waals surface area contributed by atoms with Crippen molar-refractivity contribution in [2.45, 2.75) is 46.1 Å². The van der Waals surface area contributed by atoms with Gasteiger partial charge >= 0.3 is 5.97 Å². The van der Waals surface area contributed by atoms with Crippen LogP contribution in [0.25, 0.3) is 0 Å². The van der Waals surface area contributed by atoms with Crippen LogP contribution in [-0.4, -0.2) is 17.9 Å². The molecule has 1 heterocycles. The smallest absolute Gasteiger partial charge is 0.335 e. The standard InChI is InChI=1S/C15H18O3/c1-9-5-4-6-10(2)8-13-14(12(16)7-9)11(3)15(17)18-13/h5,8,13H,4,6-7H2,1-3H3. The van der Waals surface area contributed by atoms with Gasteiger partial charge in [-0.05, 0) is 39.7 Å². The first kappa shape index (κ1) is 12.8. The fourth-order valence-electron chi connectivity index (χ4n) is 2.38. The van der Waals surface area contributed by atoms with E-state index >= 15 is 0 Å². The van der Waals surface area contributed by atoms with Crippen molar-refractivity contribution in [3.63, 3.8) is 0 Å². The highest BCUT2D eigenvalue weighted by Crippen LogP contribution is 2.28. The van der Waals surface area contributed by atoms with Crippen LogP contribution in [0.1, 0.15) is 40.0 Å². The minimum atomic E-state index is -0.476. The molecule has 2 rings (SSSR count). The quantitative estimate of drug-likeness (QED) is 0.487. The third kappa shape index (κ3) is 2.45. The minimum Gasteiger partial charge on any atom is -0.450 e. The summed E-state index contributed by atoms with van der Waals surface area (Å²) in [6.07, 6.45) is 5.77. The number of Topliss-reactive ketones (excluding diaryl/α,β-unsaturated/α-hetero) is 1. The van der Waals surface area contributed by atoms with Gasteiger partial charge in [0.1, 0.15) is 6.10 Å². The summed E-state index contributed by atoms with van der Waals surface area (Å²) in [6.45, 7) is 5.64. The molecule has 0 bridgehead atoms. The number of ketones is 1. The predicted octanol–water partition coefficient (Wildman–Crippen LogP) is 2.87. The van der Waals surface area contributed by atoms with Crippen molar-refractivity contribution in [2.75, 3.05) is 0 Å². The molecule has 18 heavy (non-hydrogen) atoms. The maximum atomic E-state index is 12.2. The first-order valence-corrected chi connectivity index (χ1v) is 6.27. The first-order chi connectivity index (χ1) is 8.49. The maximum Gasteiger partial charge on any atom is 0.335 e. The molecule has 0 fully saturated rings. The molecule has 3 nitrogen and oxygen atoms in total. The van der Waals surface area contributed by atoms with Crippen LogP contribution in [0.2, 0.25) is 0 Å². The van der Waals surface area contributed by atoms with Crippen LogP contribution >= 0.6 is 0 Å². The van der Waals surface area contributed by atoms with E-state index in [0.717, 1.165) is 24.0 Å². The van der Waals surface area contributed by atoms with Crippen molar-refractivity contribution in [3.8, 4) is 0 Å².